The lowest BCUT2D eigenvalue weighted by Gasteiger charge is -2.39. The molecule has 0 bridgehead atoms. The lowest BCUT2D eigenvalue weighted by atomic mass is 9.89. The molecular weight excluding hydrogens is 436 g/mol. The van der Waals surface area contributed by atoms with Gasteiger partial charge in [0.1, 0.15) is 35.9 Å². The van der Waals surface area contributed by atoms with E-state index in [4.69, 9.17) is 23.7 Å². The van der Waals surface area contributed by atoms with Crippen molar-refractivity contribution in [3.05, 3.63) is 41.5 Å². The highest BCUT2D eigenvalue weighted by Crippen LogP contribution is 2.44. The van der Waals surface area contributed by atoms with Crippen LogP contribution >= 0.6 is 0 Å². The minimum Gasteiger partial charge on any atom is -0.502 e. The highest BCUT2D eigenvalue weighted by molar-refractivity contribution is 5.56. The van der Waals surface area contributed by atoms with Crippen molar-refractivity contribution in [1.29, 1.82) is 0 Å². The molecule has 1 fully saturated rings. The first-order valence-electron chi connectivity index (χ1n) is 10.5. The van der Waals surface area contributed by atoms with Crippen molar-refractivity contribution in [3.63, 3.8) is 0 Å². The zero-order chi connectivity index (χ0) is 23.7. The van der Waals surface area contributed by atoms with Crippen LogP contribution in [-0.2, 0) is 11.2 Å². The summed E-state index contributed by atoms with van der Waals surface area (Å²) in [7, 11) is 2.95. The second-order valence-corrected chi connectivity index (χ2v) is 8.04. The van der Waals surface area contributed by atoms with Gasteiger partial charge in [-0.3, -0.25) is 0 Å². The summed E-state index contributed by atoms with van der Waals surface area (Å²) in [5.41, 5.74) is 1.70. The van der Waals surface area contributed by atoms with Crippen LogP contribution in [0.25, 0.3) is 0 Å². The fourth-order valence-electron chi connectivity index (χ4n) is 4.19. The van der Waals surface area contributed by atoms with Gasteiger partial charge in [-0.25, -0.2) is 0 Å². The Morgan fingerprint density at radius 2 is 1.79 bits per heavy atom. The van der Waals surface area contributed by atoms with E-state index >= 15 is 0 Å². The maximum Gasteiger partial charge on any atom is 0.229 e. The number of fused-ring (bicyclic) bond motifs is 1. The van der Waals surface area contributed by atoms with Crippen LogP contribution < -0.4 is 18.9 Å². The summed E-state index contributed by atoms with van der Waals surface area (Å²) in [5, 5.41) is 49.7. The summed E-state index contributed by atoms with van der Waals surface area (Å²) in [4.78, 5) is 0. The fraction of sp³-hybridized carbons (Fsp3) is 0.478. The van der Waals surface area contributed by atoms with Crippen LogP contribution in [0, 0.1) is 0 Å². The summed E-state index contributed by atoms with van der Waals surface area (Å²) in [6, 6.07) is 8.66. The molecule has 2 aromatic carbocycles. The molecule has 2 aliphatic heterocycles. The van der Waals surface area contributed by atoms with E-state index < -0.39 is 37.3 Å². The third-order valence-electron chi connectivity index (χ3n) is 6.03. The number of phenols is 1. The molecule has 0 spiro atoms. The van der Waals surface area contributed by atoms with Gasteiger partial charge in [0.25, 0.3) is 0 Å². The van der Waals surface area contributed by atoms with Crippen LogP contribution in [0.3, 0.4) is 0 Å². The first-order valence-corrected chi connectivity index (χ1v) is 10.5. The number of hydrogen-bond acceptors (Lipinski definition) is 10. The van der Waals surface area contributed by atoms with E-state index in [2.05, 4.69) is 0 Å². The molecule has 0 radical (unpaired) electrons. The molecule has 0 saturated carbocycles. The zero-order valence-electron chi connectivity index (χ0n) is 18.2. The molecule has 6 atom stereocenters. The average molecular weight is 464 g/mol. The molecule has 33 heavy (non-hydrogen) atoms. The van der Waals surface area contributed by atoms with E-state index in [1.54, 1.807) is 18.2 Å². The highest BCUT2D eigenvalue weighted by Gasteiger charge is 2.44. The van der Waals surface area contributed by atoms with Crippen molar-refractivity contribution >= 4 is 0 Å². The van der Waals surface area contributed by atoms with Crippen molar-refractivity contribution in [2.24, 2.45) is 0 Å². The van der Waals surface area contributed by atoms with Gasteiger partial charge in [-0.1, -0.05) is 12.1 Å². The predicted molar refractivity (Wildman–Crippen MR) is 114 cm³/mol. The number of aliphatic hydroxyl groups excluding tert-OH is 4. The van der Waals surface area contributed by atoms with Crippen LogP contribution in [-0.4, -0.2) is 83.7 Å². The molecule has 1 saturated heterocycles. The summed E-state index contributed by atoms with van der Waals surface area (Å²) in [6.45, 7) is -0.206. The van der Waals surface area contributed by atoms with Gasteiger partial charge >= 0.3 is 0 Å². The molecule has 10 nitrogen and oxygen atoms in total. The van der Waals surface area contributed by atoms with Crippen LogP contribution in [0.2, 0.25) is 0 Å². The standard InChI is InChI=1S/C23H28O10/c1-29-15-6-5-14(22(30-2)19(15)26)12-7-11-3-4-13(8-16(11)31-10-12)32-23-21(28)20(27)18(25)17(9-24)33-23/h3-6,8,12,17-18,20-21,23-28H,7,9-10H2,1-2H3/t12?,17-,18-,20+,21-,23-/m1/s1. The Labute approximate surface area is 190 Å². The van der Waals surface area contributed by atoms with Gasteiger partial charge in [0.15, 0.2) is 11.5 Å². The number of benzene rings is 2. The number of aliphatic hydroxyl groups is 4. The maximum absolute atomic E-state index is 10.4. The Hall–Kier alpha value is -2.76. The molecule has 2 aromatic rings. The molecule has 10 heteroatoms. The van der Waals surface area contributed by atoms with E-state index in [0.29, 0.717) is 36.0 Å². The van der Waals surface area contributed by atoms with Crippen LogP contribution in [0.15, 0.2) is 30.3 Å². The van der Waals surface area contributed by atoms with Crippen molar-refractivity contribution in [3.8, 4) is 28.7 Å². The summed E-state index contributed by atoms with van der Waals surface area (Å²) in [6.07, 6.45) is -6.19. The summed E-state index contributed by atoms with van der Waals surface area (Å²) < 4.78 is 27.6. The third-order valence-corrected chi connectivity index (χ3v) is 6.03. The van der Waals surface area contributed by atoms with Crippen molar-refractivity contribution in [1.82, 2.24) is 0 Å². The first kappa shape index (κ1) is 23.4. The molecule has 5 N–H and O–H groups in total. The first-order chi connectivity index (χ1) is 15.9. The number of ether oxygens (including phenoxy) is 5. The SMILES string of the molecule is COc1ccc(C2COc3cc(O[C@@H]4O[C@H](CO)[C@@H](O)[C@H](O)[C@H]4O)ccc3C2)c(OC)c1O. The molecule has 0 aromatic heterocycles. The summed E-state index contributed by atoms with van der Waals surface area (Å²) in [5.74, 6) is 1.45. The average Bonchev–Trinajstić information content (AvgIpc) is 2.83. The molecular formula is C23H28O10. The largest absolute Gasteiger partial charge is 0.502 e. The molecule has 1 unspecified atom stereocenters. The normalized spacial score (nSPS) is 29.0. The minimum absolute atomic E-state index is 0.0634. The molecule has 0 amide bonds. The lowest BCUT2D eigenvalue weighted by molar-refractivity contribution is -0.277. The number of aromatic hydroxyl groups is 1. The van der Waals surface area contributed by atoms with E-state index in [9.17, 15) is 25.5 Å². The third kappa shape index (κ3) is 4.40. The van der Waals surface area contributed by atoms with Crippen molar-refractivity contribution in [2.45, 2.75) is 43.0 Å². The summed E-state index contributed by atoms with van der Waals surface area (Å²) >= 11 is 0. The quantitative estimate of drug-likeness (QED) is 0.405. The molecule has 2 heterocycles. The van der Waals surface area contributed by atoms with Crippen LogP contribution in [0.4, 0.5) is 0 Å². The zero-order valence-corrected chi connectivity index (χ0v) is 18.2. The number of phenolic OH excluding ortho intramolecular Hbond substituents is 1. The van der Waals surface area contributed by atoms with E-state index in [0.717, 1.165) is 11.1 Å². The molecule has 0 aliphatic carbocycles. The number of rotatable bonds is 6. The Kier molecular flexibility index (Phi) is 6.82. The predicted octanol–water partition coefficient (Wildman–Crippen LogP) is 0.307. The second-order valence-electron chi connectivity index (χ2n) is 8.04. The smallest absolute Gasteiger partial charge is 0.229 e. The number of hydrogen-bond donors (Lipinski definition) is 5. The molecule has 2 aliphatic rings. The van der Waals surface area contributed by atoms with Gasteiger partial charge in [-0.15, -0.1) is 0 Å². The lowest BCUT2D eigenvalue weighted by Crippen LogP contribution is -2.60. The Bertz CT molecular complexity index is 978. The maximum atomic E-state index is 10.4. The van der Waals surface area contributed by atoms with E-state index in [1.807, 2.05) is 12.1 Å². The Balaban J connectivity index is 1.50. The minimum atomic E-state index is -1.52. The molecule has 4 rings (SSSR count). The van der Waals surface area contributed by atoms with Gasteiger partial charge < -0.3 is 49.2 Å². The van der Waals surface area contributed by atoms with Gasteiger partial charge in [0.05, 0.1) is 27.4 Å². The Morgan fingerprint density at radius 1 is 1.00 bits per heavy atom. The van der Waals surface area contributed by atoms with Crippen LogP contribution in [0.1, 0.15) is 17.0 Å². The highest BCUT2D eigenvalue weighted by atomic mass is 16.7. The molecule has 180 valence electrons. The van der Waals surface area contributed by atoms with E-state index in [-0.39, 0.29) is 11.7 Å². The van der Waals surface area contributed by atoms with Gasteiger partial charge in [-0.05, 0) is 24.1 Å². The monoisotopic (exact) mass is 464 g/mol. The fourth-order valence-corrected chi connectivity index (χ4v) is 4.19. The van der Waals surface area contributed by atoms with Crippen molar-refractivity contribution < 1.29 is 49.2 Å². The van der Waals surface area contributed by atoms with Gasteiger partial charge in [-0.2, -0.15) is 0 Å². The second kappa shape index (κ2) is 9.62. The Morgan fingerprint density at radius 3 is 2.48 bits per heavy atom. The van der Waals surface area contributed by atoms with Crippen LogP contribution in [0.5, 0.6) is 28.7 Å². The topological polar surface area (TPSA) is 147 Å². The van der Waals surface area contributed by atoms with Crippen molar-refractivity contribution in [2.75, 3.05) is 27.4 Å². The van der Waals surface area contributed by atoms with E-state index in [1.165, 1.54) is 14.2 Å². The van der Waals surface area contributed by atoms with Gasteiger partial charge in [0.2, 0.25) is 12.0 Å². The number of methoxy groups -OCH3 is 2. The van der Waals surface area contributed by atoms with Gasteiger partial charge in [0, 0.05) is 17.5 Å².